The maximum Gasteiger partial charge on any atom is 0.297 e. The molecule has 2 aromatic heterocycles. The van der Waals surface area contributed by atoms with Gasteiger partial charge in [0.15, 0.2) is 11.0 Å². The van der Waals surface area contributed by atoms with Gasteiger partial charge in [0.25, 0.3) is 11.8 Å². The Bertz CT molecular complexity index is 1870. The number of amides is 2. The fraction of sp³-hybridized carbons (Fsp3) is 0.107. The Hall–Kier alpha value is -4.70. The lowest BCUT2D eigenvalue weighted by Gasteiger charge is -2.32. The number of aromatic nitrogens is 2. The molecule has 4 heterocycles. The third-order valence-corrected chi connectivity index (χ3v) is 7.80. The van der Waals surface area contributed by atoms with Crippen LogP contribution in [0.3, 0.4) is 0 Å². The second-order valence-corrected chi connectivity index (χ2v) is 10.3. The van der Waals surface area contributed by atoms with Gasteiger partial charge in [0.2, 0.25) is 10.9 Å². The van der Waals surface area contributed by atoms with E-state index in [-0.39, 0.29) is 34.0 Å². The molecule has 2 aliphatic heterocycles. The van der Waals surface area contributed by atoms with Crippen molar-refractivity contribution in [1.82, 2.24) is 10.2 Å². The molecule has 1 unspecified atom stereocenters. The lowest BCUT2D eigenvalue weighted by molar-refractivity contribution is -0.121. The van der Waals surface area contributed by atoms with Gasteiger partial charge >= 0.3 is 0 Å². The first-order valence-electron chi connectivity index (χ1n) is 11.8. The van der Waals surface area contributed by atoms with Crippen LogP contribution in [0, 0.1) is 12.7 Å². The predicted octanol–water partition coefficient (Wildman–Crippen LogP) is 4.54. The quantitative estimate of drug-likeness (QED) is 0.344. The van der Waals surface area contributed by atoms with Crippen LogP contribution >= 0.6 is 11.3 Å². The van der Waals surface area contributed by atoms with Crippen molar-refractivity contribution in [3.05, 3.63) is 116 Å². The second-order valence-electron chi connectivity index (χ2n) is 9.12. The molecule has 3 aromatic carbocycles. The fourth-order valence-electron chi connectivity index (χ4n) is 5.43. The molecule has 10 heteroatoms. The van der Waals surface area contributed by atoms with E-state index in [0.717, 1.165) is 29.0 Å². The molecule has 2 amide bonds. The van der Waals surface area contributed by atoms with E-state index in [1.54, 1.807) is 36.1 Å². The summed E-state index contributed by atoms with van der Waals surface area (Å²) in [5, 5.41) is 8.91. The molecule has 0 saturated carbocycles. The Morgan fingerprint density at radius 1 is 0.974 bits per heavy atom. The lowest BCUT2D eigenvalue weighted by Crippen LogP contribution is -2.53. The monoisotopic (exact) mass is 524 g/mol. The van der Waals surface area contributed by atoms with Crippen LogP contribution in [0.4, 0.5) is 15.2 Å². The summed E-state index contributed by atoms with van der Waals surface area (Å²) < 4.78 is 20.2. The molecule has 0 radical (unpaired) electrons. The van der Waals surface area contributed by atoms with E-state index in [4.69, 9.17) is 4.42 Å². The molecular formula is C28H17FN4O4S. The Kier molecular flexibility index (Phi) is 4.67. The van der Waals surface area contributed by atoms with Gasteiger partial charge in [-0.15, -0.1) is 10.2 Å². The minimum Gasteiger partial charge on any atom is -0.450 e. The first kappa shape index (κ1) is 22.5. The number of halogens is 1. The van der Waals surface area contributed by atoms with Crippen molar-refractivity contribution < 1.29 is 18.4 Å². The summed E-state index contributed by atoms with van der Waals surface area (Å²) in [6.45, 7) is 1.94. The Balaban J connectivity index is 1.58. The third-order valence-electron chi connectivity index (χ3n) is 6.98. The van der Waals surface area contributed by atoms with Crippen LogP contribution in [0.15, 0.2) is 82.0 Å². The van der Waals surface area contributed by atoms with E-state index >= 15 is 0 Å². The Morgan fingerprint density at radius 2 is 1.74 bits per heavy atom. The number of aryl methyl sites for hydroxylation is 1. The van der Waals surface area contributed by atoms with Crippen molar-refractivity contribution >= 4 is 44.9 Å². The summed E-state index contributed by atoms with van der Waals surface area (Å²) in [4.78, 5) is 45.6. The number of anilines is 2. The van der Waals surface area contributed by atoms with E-state index in [9.17, 15) is 18.8 Å². The summed E-state index contributed by atoms with van der Waals surface area (Å²) >= 11 is 1.12. The molecule has 0 fully saturated rings. The Morgan fingerprint density at radius 3 is 2.50 bits per heavy atom. The Labute approximate surface area is 218 Å². The topological polar surface area (TPSA) is 96.6 Å². The van der Waals surface area contributed by atoms with Crippen molar-refractivity contribution in [1.29, 1.82) is 0 Å². The van der Waals surface area contributed by atoms with Gasteiger partial charge < -0.3 is 9.32 Å². The van der Waals surface area contributed by atoms with Crippen molar-refractivity contribution in [3.63, 3.8) is 0 Å². The van der Waals surface area contributed by atoms with Crippen molar-refractivity contribution in [3.8, 4) is 0 Å². The number of carbonyl (C=O) groups is 2. The molecule has 0 aliphatic carbocycles. The van der Waals surface area contributed by atoms with Gasteiger partial charge in [-0.2, -0.15) is 0 Å². The molecule has 5 aromatic rings. The predicted molar refractivity (Wildman–Crippen MR) is 139 cm³/mol. The van der Waals surface area contributed by atoms with Crippen LogP contribution in [0.25, 0.3) is 11.0 Å². The van der Waals surface area contributed by atoms with Gasteiger partial charge in [0.1, 0.15) is 16.4 Å². The van der Waals surface area contributed by atoms with E-state index < -0.39 is 28.6 Å². The number of nitrogens with zero attached hydrogens (tertiary/aromatic N) is 4. The van der Waals surface area contributed by atoms with Crippen molar-refractivity contribution in [2.75, 3.05) is 9.80 Å². The van der Waals surface area contributed by atoms with Crippen LogP contribution in [-0.4, -0.2) is 22.0 Å². The molecule has 2 aliphatic rings. The first-order valence-corrected chi connectivity index (χ1v) is 12.6. The highest BCUT2D eigenvalue weighted by Gasteiger charge is 2.66. The third kappa shape index (κ3) is 2.86. The van der Waals surface area contributed by atoms with Crippen LogP contribution in [0.5, 0.6) is 0 Å². The lowest BCUT2D eigenvalue weighted by atomic mass is 9.84. The van der Waals surface area contributed by atoms with Crippen molar-refractivity contribution in [2.24, 2.45) is 0 Å². The van der Waals surface area contributed by atoms with Gasteiger partial charge in [-0.05, 0) is 36.8 Å². The average molecular weight is 525 g/mol. The standard InChI is InChI=1S/C28H17FN4O4S/c1-15-30-31-27(38-15)33-25(35)24-22(23(34)18-13-17(29)11-12-21(18)37-24)28(33)19-9-5-6-10-20(19)32(26(28)36)14-16-7-3-2-4-8-16/h2-13H,14H2,1H3. The summed E-state index contributed by atoms with van der Waals surface area (Å²) in [6, 6.07) is 20.0. The van der Waals surface area contributed by atoms with Gasteiger partial charge in [-0.1, -0.05) is 59.9 Å². The SMILES string of the molecule is Cc1nnc(N2C(=O)c3oc4ccc(F)cc4c(=O)c3C23C(=O)N(Cc2ccccc2)c2ccccc23)s1. The number of hydrogen-bond acceptors (Lipinski definition) is 7. The molecule has 0 saturated heterocycles. The number of para-hydroxylation sites is 1. The fourth-order valence-corrected chi connectivity index (χ4v) is 6.17. The number of benzene rings is 3. The molecule has 0 N–H and O–H groups in total. The molecule has 1 spiro atoms. The highest BCUT2D eigenvalue weighted by Crippen LogP contribution is 2.54. The largest absolute Gasteiger partial charge is 0.450 e. The highest BCUT2D eigenvalue weighted by molar-refractivity contribution is 7.15. The van der Waals surface area contributed by atoms with Gasteiger partial charge in [0.05, 0.1) is 23.2 Å². The zero-order valence-electron chi connectivity index (χ0n) is 19.8. The van der Waals surface area contributed by atoms with Crippen LogP contribution in [-0.2, 0) is 16.9 Å². The number of carbonyl (C=O) groups excluding carboxylic acids is 2. The summed E-state index contributed by atoms with van der Waals surface area (Å²) in [5.74, 6) is -2.11. The molecule has 186 valence electrons. The molecule has 0 bridgehead atoms. The van der Waals surface area contributed by atoms with E-state index in [1.165, 1.54) is 11.0 Å². The maximum absolute atomic E-state index is 14.7. The molecule has 38 heavy (non-hydrogen) atoms. The van der Waals surface area contributed by atoms with Gasteiger partial charge in [0, 0.05) is 5.56 Å². The van der Waals surface area contributed by atoms with Gasteiger partial charge in [-0.3, -0.25) is 19.3 Å². The molecule has 8 nitrogen and oxygen atoms in total. The second kappa shape index (κ2) is 7.90. The zero-order chi connectivity index (χ0) is 26.2. The molecule has 1 atom stereocenters. The minimum absolute atomic E-state index is 0.0498. The van der Waals surface area contributed by atoms with E-state index in [2.05, 4.69) is 10.2 Å². The summed E-state index contributed by atoms with van der Waals surface area (Å²) in [5.41, 5.74) is -0.804. The summed E-state index contributed by atoms with van der Waals surface area (Å²) in [7, 11) is 0. The average Bonchev–Trinajstić information content (AvgIpc) is 3.53. The summed E-state index contributed by atoms with van der Waals surface area (Å²) in [6.07, 6.45) is 0. The normalized spacial score (nSPS) is 18.1. The van der Waals surface area contributed by atoms with Gasteiger partial charge in [-0.25, -0.2) is 4.39 Å². The van der Waals surface area contributed by atoms with E-state index in [1.807, 2.05) is 30.3 Å². The number of rotatable bonds is 3. The molecule has 7 rings (SSSR count). The smallest absolute Gasteiger partial charge is 0.297 e. The first-order chi connectivity index (χ1) is 18.4. The highest BCUT2D eigenvalue weighted by atomic mass is 32.1. The van der Waals surface area contributed by atoms with Crippen LogP contribution in [0.1, 0.15) is 32.3 Å². The van der Waals surface area contributed by atoms with Crippen LogP contribution < -0.4 is 15.2 Å². The maximum atomic E-state index is 14.7. The minimum atomic E-state index is -1.90. The van der Waals surface area contributed by atoms with E-state index in [0.29, 0.717) is 16.3 Å². The number of fused-ring (bicyclic) bond motifs is 5. The van der Waals surface area contributed by atoms with Crippen molar-refractivity contribution in [2.45, 2.75) is 19.0 Å². The molecular weight excluding hydrogens is 507 g/mol. The zero-order valence-corrected chi connectivity index (χ0v) is 20.7. The van der Waals surface area contributed by atoms with Crippen LogP contribution in [0.2, 0.25) is 0 Å². The number of hydrogen-bond donors (Lipinski definition) is 0.